The summed E-state index contributed by atoms with van der Waals surface area (Å²) in [6.45, 7) is 10.3. The maximum atomic E-state index is 11.6. The van der Waals surface area contributed by atoms with Crippen LogP contribution in [-0.2, 0) is 6.42 Å². The van der Waals surface area contributed by atoms with E-state index in [1.807, 2.05) is 13.0 Å². The Bertz CT molecular complexity index is 689. The van der Waals surface area contributed by atoms with Crippen LogP contribution in [0.5, 0.6) is 0 Å². The molecule has 2 N–H and O–H groups in total. The lowest BCUT2D eigenvalue weighted by Gasteiger charge is -2.22. The number of benzene rings is 1. The monoisotopic (exact) mass is 300 g/mol. The highest BCUT2D eigenvalue weighted by Gasteiger charge is 2.07. The maximum absolute atomic E-state index is 11.6. The third kappa shape index (κ3) is 3.67. The fraction of sp³-hybridized carbons (Fsp3) is 0.412. The van der Waals surface area contributed by atoms with Crippen molar-refractivity contribution in [3.8, 4) is 0 Å². The normalized spacial score (nSPS) is 10.5. The van der Waals surface area contributed by atoms with E-state index in [4.69, 9.17) is 0 Å². The van der Waals surface area contributed by atoms with Crippen LogP contribution in [0, 0.1) is 6.92 Å². The molecule has 0 saturated heterocycles. The highest BCUT2D eigenvalue weighted by molar-refractivity contribution is 5.64. The fourth-order valence-corrected chi connectivity index (χ4v) is 2.45. The molecule has 0 fully saturated rings. The van der Waals surface area contributed by atoms with Crippen LogP contribution < -0.4 is 15.8 Å². The standard InChI is InChI=1S/C17H24N4O/c1-5-13-11-16(22)20-17(18-13)19-15-9-8-14(10-12(15)4)21(6-2)7-3/h8-11H,5-7H2,1-4H3,(H2,18,19,20,22). The van der Waals surface area contributed by atoms with Crippen LogP contribution in [-0.4, -0.2) is 23.1 Å². The quantitative estimate of drug-likeness (QED) is 0.860. The highest BCUT2D eigenvalue weighted by Crippen LogP contribution is 2.24. The number of H-pyrrole nitrogens is 1. The average Bonchev–Trinajstić information content (AvgIpc) is 2.50. The molecule has 0 bridgehead atoms. The van der Waals surface area contributed by atoms with Gasteiger partial charge in [-0.25, -0.2) is 4.98 Å². The molecule has 5 heteroatoms. The minimum absolute atomic E-state index is 0.133. The number of nitrogens with one attached hydrogen (secondary N) is 2. The molecule has 118 valence electrons. The molecule has 2 rings (SSSR count). The highest BCUT2D eigenvalue weighted by atomic mass is 16.1. The van der Waals surface area contributed by atoms with Gasteiger partial charge >= 0.3 is 0 Å². The van der Waals surface area contributed by atoms with Gasteiger partial charge in [0.2, 0.25) is 5.95 Å². The zero-order valence-electron chi connectivity index (χ0n) is 13.7. The Morgan fingerprint density at radius 2 is 1.91 bits per heavy atom. The van der Waals surface area contributed by atoms with Gasteiger partial charge in [-0.1, -0.05) is 6.92 Å². The number of hydrogen-bond acceptors (Lipinski definition) is 4. The smallest absolute Gasteiger partial charge is 0.252 e. The molecule has 0 aliphatic rings. The molecule has 1 aromatic heterocycles. The van der Waals surface area contributed by atoms with Crippen molar-refractivity contribution in [2.75, 3.05) is 23.3 Å². The minimum Gasteiger partial charge on any atom is -0.372 e. The Morgan fingerprint density at radius 1 is 1.18 bits per heavy atom. The molecule has 1 heterocycles. The number of anilines is 3. The van der Waals surface area contributed by atoms with E-state index in [1.165, 1.54) is 11.8 Å². The van der Waals surface area contributed by atoms with E-state index < -0.39 is 0 Å². The van der Waals surface area contributed by atoms with Gasteiger partial charge in [0.25, 0.3) is 5.56 Å². The van der Waals surface area contributed by atoms with Crippen molar-refractivity contribution in [1.82, 2.24) is 9.97 Å². The fourth-order valence-electron chi connectivity index (χ4n) is 2.45. The van der Waals surface area contributed by atoms with Gasteiger partial charge in [0, 0.05) is 36.2 Å². The lowest BCUT2D eigenvalue weighted by Crippen LogP contribution is -2.21. The summed E-state index contributed by atoms with van der Waals surface area (Å²) < 4.78 is 0. The van der Waals surface area contributed by atoms with Crippen LogP contribution in [0.4, 0.5) is 17.3 Å². The summed E-state index contributed by atoms with van der Waals surface area (Å²) >= 11 is 0. The van der Waals surface area contributed by atoms with E-state index in [1.54, 1.807) is 0 Å². The van der Waals surface area contributed by atoms with Gasteiger partial charge in [-0.3, -0.25) is 9.78 Å². The molecule has 0 spiro atoms. The Hall–Kier alpha value is -2.30. The summed E-state index contributed by atoms with van der Waals surface area (Å²) in [5.41, 5.74) is 3.92. The molecule has 0 amide bonds. The lowest BCUT2D eigenvalue weighted by atomic mass is 10.1. The molecule has 0 atom stereocenters. The first-order valence-corrected chi connectivity index (χ1v) is 7.80. The van der Waals surface area contributed by atoms with Crippen LogP contribution >= 0.6 is 0 Å². The van der Waals surface area contributed by atoms with Crippen LogP contribution in [0.2, 0.25) is 0 Å². The first-order valence-electron chi connectivity index (χ1n) is 7.80. The Morgan fingerprint density at radius 3 is 2.50 bits per heavy atom. The zero-order chi connectivity index (χ0) is 16.1. The van der Waals surface area contributed by atoms with Gasteiger partial charge in [0.1, 0.15) is 0 Å². The summed E-state index contributed by atoms with van der Waals surface area (Å²) in [6, 6.07) is 7.80. The maximum Gasteiger partial charge on any atom is 0.252 e. The first-order chi connectivity index (χ1) is 10.6. The predicted octanol–water partition coefficient (Wildman–Crippen LogP) is 3.23. The van der Waals surface area contributed by atoms with Crippen LogP contribution in [0.25, 0.3) is 0 Å². The van der Waals surface area contributed by atoms with E-state index >= 15 is 0 Å². The predicted molar refractivity (Wildman–Crippen MR) is 92.3 cm³/mol. The van der Waals surface area contributed by atoms with E-state index in [2.05, 4.69) is 53.1 Å². The third-order valence-corrected chi connectivity index (χ3v) is 3.75. The lowest BCUT2D eigenvalue weighted by molar-refractivity contribution is 0.865. The van der Waals surface area contributed by atoms with E-state index in [0.29, 0.717) is 5.95 Å². The second-order valence-electron chi connectivity index (χ2n) is 5.24. The topological polar surface area (TPSA) is 61.0 Å². The van der Waals surface area contributed by atoms with Crippen molar-refractivity contribution in [1.29, 1.82) is 0 Å². The number of aromatic amines is 1. The van der Waals surface area contributed by atoms with Crippen LogP contribution in [0.3, 0.4) is 0 Å². The molecule has 0 aliphatic heterocycles. The van der Waals surface area contributed by atoms with Crippen molar-refractivity contribution < 1.29 is 0 Å². The molecule has 0 unspecified atom stereocenters. The number of aromatic nitrogens is 2. The van der Waals surface area contributed by atoms with Gasteiger partial charge in [0.15, 0.2) is 0 Å². The van der Waals surface area contributed by atoms with Gasteiger partial charge < -0.3 is 10.2 Å². The number of nitrogens with zero attached hydrogens (tertiary/aromatic N) is 2. The average molecular weight is 300 g/mol. The van der Waals surface area contributed by atoms with E-state index in [9.17, 15) is 4.79 Å². The van der Waals surface area contributed by atoms with Crippen molar-refractivity contribution in [3.05, 3.63) is 45.9 Å². The van der Waals surface area contributed by atoms with Gasteiger partial charge in [-0.15, -0.1) is 0 Å². The van der Waals surface area contributed by atoms with Crippen LogP contribution in [0.15, 0.2) is 29.1 Å². The van der Waals surface area contributed by atoms with Crippen LogP contribution in [0.1, 0.15) is 32.0 Å². The molecular formula is C17H24N4O. The van der Waals surface area contributed by atoms with Crippen molar-refractivity contribution >= 4 is 17.3 Å². The van der Waals surface area contributed by atoms with Gasteiger partial charge in [-0.05, 0) is 51.0 Å². The Labute approximate surface area is 131 Å². The second kappa shape index (κ2) is 7.11. The summed E-state index contributed by atoms with van der Waals surface area (Å²) in [6.07, 6.45) is 0.735. The SMILES string of the molecule is CCc1cc(=O)[nH]c(Nc2ccc(N(CC)CC)cc2C)n1. The molecular weight excluding hydrogens is 276 g/mol. The number of rotatable bonds is 6. The molecule has 0 radical (unpaired) electrons. The summed E-state index contributed by atoms with van der Waals surface area (Å²) in [7, 11) is 0. The molecule has 1 aromatic carbocycles. The third-order valence-electron chi connectivity index (χ3n) is 3.75. The molecule has 5 nitrogen and oxygen atoms in total. The molecule has 0 saturated carbocycles. The first kappa shape index (κ1) is 16.1. The van der Waals surface area contributed by atoms with E-state index in [0.717, 1.165) is 36.5 Å². The van der Waals surface area contributed by atoms with Crippen molar-refractivity contribution in [2.45, 2.75) is 34.1 Å². The molecule has 22 heavy (non-hydrogen) atoms. The Kier molecular flexibility index (Phi) is 5.20. The minimum atomic E-state index is -0.133. The molecule has 0 aliphatic carbocycles. The van der Waals surface area contributed by atoms with Gasteiger partial charge in [0.05, 0.1) is 0 Å². The second-order valence-corrected chi connectivity index (χ2v) is 5.24. The Balaban J connectivity index is 2.27. The van der Waals surface area contributed by atoms with Crippen molar-refractivity contribution in [3.63, 3.8) is 0 Å². The summed E-state index contributed by atoms with van der Waals surface area (Å²) in [5, 5.41) is 3.20. The largest absolute Gasteiger partial charge is 0.372 e. The van der Waals surface area contributed by atoms with E-state index in [-0.39, 0.29) is 5.56 Å². The number of hydrogen-bond donors (Lipinski definition) is 2. The number of aryl methyl sites for hydroxylation is 2. The summed E-state index contributed by atoms with van der Waals surface area (Å²) in [5.74, 6) is 0.489. The molecule has 2 aromatic rings. The zero-order valence-corrected chi connectivity index (χ0v) is 13.7. The van der Waals surface area contributed by atoms with Crippen molar-refractivity contribution in [2.24, 2.45) is 0 Å². The van der Waals surface area contributed by atoms with Gasteiger partial charge in [-0.2, -0.15) is 0 Å². The summed E-state index contributed by atoms with van der Waals surface area (Å²) in [4.78, 5) is 21.1.